The zero-order valence-corrected chi connectivity index (χ0v) is 12.5. The van der Waals surface area contributed by atoms with E-state index >= 15 is 0 Å². The van der Waals surface area contributed by atoms with E-state index in [0.717, 1.165) is 12.8 Å². The number of benzene rings is 1. The molecular weight excluding hydrogens is 290 g/mol. The van der Waals surface area contributed by atoms with Crippen molar-refractivity contribution in [2.45, 2.75) is 51.3 Å². The number of hydrogen-bond donors (Lipinski definition) is 2. The van der Waals surface area contributed by atoms with Crippen LogP contribution in [0, 0.1) is 5.41 Å². The molecule has 1 aromatic rings. The predicted molar refractivity (Wildman–Crippen MR) is 76.5 cm³/mol. The lowest BCUT2D eigenvalue weighted by Crippen LogP contribution is -2.60. The van der Waals surface area contributed by atoms with E-state index in [9.17, 15) is 5.11 Å². The average Bonchev–Trinajstić information content (AvgIpc) is 2.71. The molecule has 0 aliphatic heterocycles. The van der Waals surface area contributed by atoms with Crippen LogP contribution in [0.2, 0.25) is 0 Å². The maximum Gasteiger partial charge on any atom is 0.0621 e. The number of rotatable bonds is 2. The number of halogens is 1. The molecule has 0 bridgehead atoms. The summed E-state index contributed by atoms with van der Waals surface area (Å²) in [7, 11) is 0. The van der Waals surface area contributed by atoms with Crippen LogP contribution >= 0.6 is 15.9 Å². The Morgan fingerprint density at radius 1 is 1.39 bits per heavy atom. The summed E-state index contributed by atoms with van der Waals surface area (Å²) in [6.07, 6.45) is 3.06. The maximum absolute atomic E-state index is 9.81. The molecule has 3 unspecified atom stereocenters. The molecule has 2 aliphatic carbocycles. The highest BCUT2D eigenvalue weighted by atomic mass is 79.9. The number of aliphatic hydroxyl groups is 1. The molecule has 1 fully saturated rings. The van der Waals surface area contributed by atoms with Gasteiger partial charge in [-0.1, -0.05) is 35.8 Å². The Balaban J connectivity index is 1.74. The van der Waals surface area contributed by atoms with Crippen LogP contribution in [0.15, 0.2) is 22.7 Å². The second kappa shape index (κ2) is 4.32. The lowest BCUT2D eigenvalue weighted by atomic mass is 9.64. The minimum absolute atomic E-state index is 0.0120. The lowest BCUT2D eigenvalue weighted by molar-refractivity contribution is -0.0760. The second-order valence-corrected chi connectivity index (χ2v) is 7.14. The van der Waals surface area contributed by atoms with E-state index in [0.29, 0.717) is 12.1 Å². The molecule has 3 atom stereocenters. The minimum Gasteiger partial charge on any atom is -0.392 e. The van der Waals surface area contributed by atoms with Gasteiger partial charge in [-0.25, -0.2) is 0 Å². The van der Waals surface area contributed by atoms with Crippen LogP contribution in [0.4, 0.5) is 0 Å². The van der Waals surface area contributed by atoms with Crippen LogP contribution in [-0.2, 0) is 6.42 Å². The average molecular weight is 310 g/mol. The Hall–Kier alpha value is -0.380. The van der Waals surface area contributed by atoms with E-state index in [1.165, 1.54) is 22.0 Å². The molecule has 3 rings (SSSR count). The third-order valence-electron chi connectivity index (χ3n) is 4.80. The smallest absolute Gasteiger partial charge is 0.0621 e. The number of fused-ring (bicyclic) bond motifs is 1. The van der Waals surface area contributed by atoms with Crippen molar-refractivity contribution in [2.75, 3.05) is 0 Å². The van der Waals surface area contributed by atoms with Crippen LogP contribution in [0.3, 0.4) is 0 Å². The van der Waals surface area contributed by atoms with Gasteiger partial charge in [-0.2, -0.15) is 0 Å². The van der Waals surface area contributed by atoms with Crippen molar-refractivity contribution in [1.29, 1.82) is 0 Å². The summed E-state index contributed by atoms with van der Waals surface area (Å²) in [5, 5.41) is 13.5. The molecule has 18 heavy (non-hydrogen) atoms. The molecule has 0 saturated heterocycles. The molecule has 0 amide bonds. The van der Waals surface area contributed by atoms with Gasteiger partial charge in [-0.05, 0) is 42.5 Å². The van der Waals surface area contributed by atoms with Gasteiger partial charge in [0.25, 0.3) is 0 Å². The minimum atomic E-state index is -0.152. The zero-order chi connectivity index (χ0) is 12.9. The molecule has 1 aromatic carbocycles. The highest BCUT2D eigenvalue weighted by Gasteiger charge is 2.48. The Morgan fingerprint density at radius 3 is 2.83 bits per heavy atom. The number of hydrogen-bond acceptors (Lipinski definition) is 2. The Bertz CT molecular complexity index is 472. The third-order valence-corrected chi connectivity index (χ3v) is 5.29. The zero-order valence-electron chi connectivity index (χ0n) is 10.9. The number of aliphatic hydroxyl groups excluding tert-OH is 1. The lowest BCUT2D eigenvalue weighted by Gasteiger charge is -2.50. The Kier molecular flexibility index (Phi) is 3.04. The van der Waals surface area contributed by atoms with Gasteiger partial charge in [0, 0.05) is 22.0 Å². The normalized spacial score (nSPS) is 33.0. The molecule has 2 nitrogen and oxygen atoms in total. The van der Waals surface area contributed by atoms with E-state index in [4.69, 9.17) is 0 Å². The molecule has 2 aliphatic rings. The van der Waals surface area contributed by atoms with Gasteiger partial charge in [0.2, 0.25) is 0 Å². The number of aryl methyl sites for hydroxylation is 1. The first-order valence-corrected chi connectivity index (χ1v) is 7.50. The predicted octanol–water partition coefficient (Wildman–Crippen LogP) is 3.19. The van der Waals surface area contributed by atoms with Gasteiger partial charge in [0.05, 0.1) is 6.10 Å². The summed E-state index contributed by atoms with van der Waals surface area (Å²) in [6, 6.07) is 7.49. The number of nitrogens with one attached hydrogen (secondary N) is 1. The summed E-state index contributed by atoms with van der Waals surface area (Å²) in [5.74, 6) is 0. The van der Waals surface area contributed by atoms with Crippen molar-refractivity contribution in [2.24, 2.45) is 5.41 Å². The highest BCUT2D eigenvalue weighted by Crippen LogP contribution is 2.43. The van der Waals surface area contributed by atoms with Crippen LogP contribution in [-0.4, -0.2) is 17.3 Å². The summed E-state index contributed by atoms with van der Waals surface area (Å²) in [6.45, 7) is 4.30. The molecule has 1 saturated carbocycles. The summed E-state index contributed by atoms with van der Waals surface area (Å²) < 4.78 is 1.17. The van der Waals surface area contributed by atoms with Gasteiger partial charge in [0.15, 0.2) is 0 Å². The SMILES string of the molecule is CC1(C)C(O)CC1NC1CCc2cc(Br)ccc21. The van der Waals surface area contributed by atoms with Crippen LogP contribution in [0.1, 0.15) is 43.9 Å². The molecule has 0 aromatic heterocycles. The van der Waals surface area contributed by atoms with Gasteiger partial charge < -0.3 is 10.4 Å². The molecule has 3 heteroatoms. The van der Waals surface area contributed by atoms with E-state index in [1.54, 1.807) is 0 Å². The van der Waals surface area contributed by atoms with E-state index < -0.39 is 0 Å². The Morgan fingerprint density at radius 2 is 2.17 bits per heavy atom. The monoisotopic (exact) mass is 309 g/mol. The fourth-order valence-corrected chi connectivity index (χ4v) is 3.60. The topological polar surface area (TPSA) is 32.3 Å². The van der Waals surface area contributed by atoms with Gasteiger partial charge in [-0.15, -0.1) is 0 Å². The van der Waals surface area contributed by atoms with Crippen LogP contribution in [0.25, 0.3) is 0 Å². The van der Waals surface area contributed by atoms with Crippen LogP contribution in [0.5, 0.6) is 0 Å². The first-order valence-electron chi connectivity index (χ1n) is 6.71. The van der Waals surface area contributed by atoms with Crippen molar-refractivity contribution in [3.05, 3.63) is 33.8 Å². The van der Waals surface area contributed by atoms with E-state index in [1.807, 2.05) is 0 Å². The fourth-order valence-electron chi connectivity index (χ4n) is 3.19. The molecule has 2 N–H and O–H groups in total. The summed E-state index contributed by atoms with van der Waals surface area (Å²) in [5.41, 5.74) is 2.91. The molecule has 0 heterocycles. The molecule has 98 valence electrons. The third kappa shape index (κ3) is 1.93. The van der Waals surface area contributed by atoms with Gasteiger partial charge in [-0.3, -0.25) is 0 Å². The van der Waals surface area contributed by atoms with Crippen molar-refractivity contribution in [3.63, 3.8) is 0 Å². The summed E-state index contributed by atoms with van der Waals surface area (Å²) in [4.78, 5) is 0. The van der Waals surface area contributed by atoms with E-state index in [-0.39, 0.29) is 11.5 Å². The van der Waals surface area contributed by atoms with Crippen molar-refractivity contribution >= 4 is 15.9 Å². The Labute approximate surface area is 117 Å². The van der Waals surface area contributed by atoms with Gasteiger partial charge in [0.1, 0.15) is 0 Å². The van der Waals surface area contributed by atoms with Crippen LogP contribution < -0.4 is 5.32 Å². The molecular formula is C15H20BrNO. The standard InChI is InChI=1S/C15H20BrNO/c1-15(2)13(8-14(15)18)17-12-6-3-9-7-10(16)4-5-11(9)12/h4-5,7,12-14,17-18H,3,6,8H2,1-2H3. The maximum atomic E-state index is 9.81. The van der Waals surface area contributed by atoms with Gasteiger partial charge >= 0.3 is 0 Å². The quantitative estimate of drug-likeness (QED) is 0.879. The summed E-state index contributed by atoms with van der Waals surface area (Å²) >= 11 is 3.53. The largest absolute Gasteiger partial charge is 0.392 e. The second-order valence-electron chi connectivity index (χ2n) is 6.23. The van der Waals surface area contributed by atoms with E-state index in [2.05, 4.69) is 53.3 Å². The molecule has 0 radical (unpaired) electrons. The first-order chi connectivity index (χ1) is 8.48. The van der Waals surface area contributed by atoms with Crippen molar-refractivity contribution < 1.29 is 5.11 Å². The molecule has 0 spiro atoms. The first kappa shape index (κ1) is 12.6. The highest BCUT2D eigenvalue weighted by molar-refractivity contribution is 9.10. The fraction of sp³-hybridized carbons (Fsp3) is 0.600. The van der Waals surface area contributed by atoms with Crippen molar-refractivity contribution in [1.82, 2.24) is 5.32 Å². The van der Waals surface area contributed by atoms with Crippen molar-refractivity contribution in [3.8, 4) is 0 Å².